The molecule has 2 rings (SSSR count). The minimum absolute atomic E-state index is 0.143. The van der Waals surface area contributed by atoms with Crippen LogP contribution in [0.25, 0.3) is 0 Å². The molecule has 1 heterocycles. The van der Waals surface area contributed by atoms with Crippen LogP contribution in [-0.2, 0) is 57.1 Å². The Hall–Kier alpha value is -2.57. The van der Waals surface area contributed by atoms with Gasteiger partial charge in [-0.25, -0.2) is 0 Å². The van der Waals surface area contributed by atoms with E-state index in [1.54, 1.807) is 6.92 Å². The van der Waals surface area contributed by atoms with Gasteiger partial charge >= 0.3 is 23.9 Å². The molecule has 0 N–H and O–H groups in total. The normalized spacial score (nSPS) is 31.8. The van der Waals surface area contributed by atoms with Gasteiger partial charge in [0.15, 0.2) is 30.4 Å². The van der Waals surface area contributed by atoms with E-state index in [0.717, 1.165) is 20.8 Å². The third kappa shape index (κ3) is 6.71. The lowest BCUT2D eigenvalue weighted by molar-refractivity contribution is -0.323. The van der Waals surface area contributed by atoms with Crippen molar-refractivity contribution in [1.29, 1.82) is 0 Å². The van der Waals surface area contributed by atoms with Crippen LogP contribution < -0.4 is 0 Å². The van der Waals surface area contributed by atoms with Crippen LogP contribution >= 0.6 is 0 Å². The molecule has 1 aliphatic carbocycles. The van der Waals surface area contributed by atoms with Gasteiger partial charge in [-0.2, -0.15) is 0 Å². The number of esters is 4. The SMILES string of the molecule is CCOC1CC(=O)C1O[C@@H]1O[C@H](COC(C)=O)[C@@H](OC(C)=O)[C@H](OC(C)=O)[C@H]1OC(C)=O. The first-order valence-electron chi connectivity index (χ1n) is 10.1. The van der Waals surface area contributed by atoms with Crippen molar-refractivity contribution in [3.8, 4) is 0 Å². The van der Waals surface area contributed by atoms with Gasteiger partial charge in [-0.15, -0.1) is 0 Å². The predicted molar refractivity (Wildman–Crippen MR) is 102 cm³/mol. The van der Waals surface area contributed by atoms with E-state index in [0.29, 0.717) is 6.61 Å². The summed E-state index contributed by atoms with van der Waals surface area (Å²) in [6.07, 6.45) is -7.98. The molecule has 0 bridgehead atoms. The fourth-order valence-corrected chi connectivity index (χ4v) is 3.43. The van der Waals surface area contributed by atoms with Crippen LogP contribution in [0.5, 0.6) is 0 Å². The first kappa shape index (κ1) is 25.7. The molecule has 0 aromatic rings. The maximum atomic E-state index is 12.1. The number of hydrogen-bond acceptors (Lipinski definition) is 12. The summed E-state index contributed by atoms with van der Waals surface area (Å²) in [7, 11) is 0. The van der Waals surface area contributed by atoms with E-state index in [9.17, 15) is 24.0 Å². The van der Waals surface area contributed by atoms with Gasteiger partial charge in [0.25, 0.3) is 0 Å². The summed E-state index contributed by atoms with van der Waals surface area (Å²) < 4.78 is 37.9. The fraction of sp³-hybridized carbons (Fsp3) is 0.750. The van der Waals surface area contributed by atoms with Crippen molar-refractivity contribution < 1.29 is 57.1 Å². The van der Waals surface area contributed by atoms with E-state index in [1.807, 2.05) is 0 Å². The molecule has 180 valence electrons. The average molecular weight is 460 g/mol. The van der Waals surface area contributed by atoms with E-state index in [4.69, 9.17) is 33.2 Å². The van der Waals surface area contributed by atoms with Gasteiger partial charge in [-0.05, 0) is 6.92 Å². The Labute approximate surface area is 184 Å². The summed E-state index contributed by atoms with van der Waals surface area (Å²) >= 11 is 0. The molecule has 2 fully saturated rings. The quantitative estimate of drug-likeness (QED) is 0.332. The van der Waals surface area contributed by atoms with Crippen LogP contribution in [0.15, 0.2) is 0 Å². The van der Waals surface area contributed by atoms with E-state index < -0.39 is 66.8 Å². The third-order valence-corrected chi connectivity index (χ3v) is 4.67. The largest absolute Gasteiger partial charge is 0.463 e. The molecule has 12 nitrogen and oxygen atoms in total. The van der Waals surface area contributed by atoms with Crippen LogP contribution in [-0.4, -0.2) is 85.8 Å². The summed E-state index contributed by atoms with van der Waals surface area (Å²) in [6, 6.07) is 0. The molecule has 0 aromatic carbocycles. The van der Waals surface area contributed by atoms with Crippen molar-refractivity contribution in [2.45, 2.75) is 84.0 Å². The minimum atomic E-state index is -1.41. The molecule has 7 atom stereocenters. The smallest absolute Gasteiger partial charge is 0.303 e. The molecule has 12 heteroatoms. The van der Waals surface area contributed by atoms with Crippen molar-refractivity contribution in [2.24, 2.45) is 0 Å². The van der Waals surface area contributed by atoms with E-state index in [1.165, 1.54) is 6.92 Å². The van der Waals surface area contributed by atoms with Crippen LogP contribution in [0.1, 0.15) is 41.0 Å². The number of ether oxygens (including phenoxy) is 7. The molecule has 0 amide bonds. The topological polar surface area (TPSA) is 150 Å². The Kier molecular flexibility index (Phi) is 9.10. The Morgan fingerprint density at radius 1 is 0.875 bits per heavy atom. The van der Waals surface area contributed by atoms with E-state index in [2.05, 4.69) is 0 Å². The second-order valence-electron chi connectivity index (χ2n) is 7.29. The monoisotopic (exact) mass is 460 g/mol. The van der Waals surface area contributed by atoms with E-state index >= 15 is 0 Å². The number of ketones is 1. The molecule has 1 saturated carbocycles. The van der Waals surface area contributed by atoms with Crippen molar-refractivity contribution in [1.82, 2.24) is 0 Å². The van der Waals surface area contributed by atoms with Gasteiger partial charge < -0.3 is 33.2 Å². The molecular weight excluding hydrogens is 432 g/mol. The maximum absolute atomic E-state index is 12.1. The zero-order valence-electron chi connectivity index (χ0n) is 18.6. The Morgan fingerprint density at radius 2 is 1.44 bits per heavy atom. The molecular formula is C20H28O12. The highest BCUT2D eigenvalue weighted by Crippen LogP contribution is 2.33. The highest BCUT2D eigenvalue weighted by molar-refractivity contribution is 5.90. The minimum Gasteiger partial charge on any atom is -0.463 e. The molecule has 32 heavy (non-hydrogen) atoms. The first-order chi connectivity index (χ1) is 15.0. The molecule has 0 spiro atoms. The average Bonchev–Trinajstić information content (AvgIpc) is 2.67. The molecule has 2 aliphatic rings. The molecule has 2 unspecified atom stereocenters. The summed E-state index contributed by atoms with van der Waals surface area (Å²) in [5.74, 6) is -3.15. The van der Waals surface area contributed by atoms with Gasteiger partial charge in [0, 0.05) is 40.7 Å². The van der Waals surface area contributed by atoms with E-state index in [-0.39, 0.29) is 18.8 Å². The van der Waals surface area contributed by atoms with Gasteiger partial charge in [0.2, 0.25) is 0 Å². The number of rotatable bonds is 9. The maximum Gasteiger partial charge on any atom is 0.303 e. The second kappa shape index (κ2) is 11.3. The van der Waals surface area contributed by atoms with Crippen LogP contribution in [0.2, 0.25) is 0 Å². The summed E-state index contributed by atoms with van der Waals surface area (Å²) in [5, 5.41) is 0. The lowest BCUT2D eigenvalue weighted by atomic mass is 9.89. The predicted octanol–water partition coefficient (Wildman–Crippen LogP) is -0.167. The van der Waals surface area contributed by atoms with Gasteiger partial charge in [0.1, 0.15) is 18.8 Å². The Balaban J connectivity index is 2.38. The molecule has 1 saturated heterocycles. The van der Waals surface area contributed by atoms with Crippen LogP contribution in [0.3, 0.4) is 0 Å². The third-order valence-electron chi connectivity index (χ3n) is 4.67. The number of carbonyl (C=O) groups is 5. The summed E-state index contributed by atoms with van der Waals surface area (Å²) in [5.41, 5.74) is 0. The lowest BCUT2D eigenvalue weighted by Gasteiger charge is -2.46. The molecule has 0 aromatic heterocycles. The van der Waals surface area contributed by atoms with Gasteiger partial charge in [-0.1, -0.05) is 0 Å². The summed E-state index contributed by atoms with van der Waals surface area (Å²) in [6.45, 7) is 6.24. The molecule has 1 aliphatic heterocycles. The van der Waals surface area contributed by atoms with Crippen LogP contribution in [0, 0.1) is 0 Å². The highest BCUT2D eigenvalue weighted by Gasteiger charge is 2.55. The highest BCUT2D eigenvalue weighted by atomic mass is 16.7. The standard InChI is InChI=1S/C20H28O12/c1-6-26-14-7-13(25)16(14)32-20-19(30-12(5)24)18(29-11(4)23)17(28-10(3)22)15(31-20)8-27-9(2)21/h14-20H,6-8H2,1-5H3/t14?,15-,16?,17-,18+,19-,20+/m1/s1. The molecule has 0 radical (unpaired) electrons. The summed E-state index contributed by atoms with van der Waals surface area (Å²) in [4.78, 5) is 58.7. The Bertz CT molecular complexity index is 734. The van der Waals surface area contributed by atoms with Crippen molar-refractivity contribution in [3.63, 3.8) is 0 Å². The second-order valence-corrected chi connectivity index (χ2v) is 7.29. The number of carbonyl (C=O) groups excluding carboxylic acids is 5. The first-order valence-corrected chi connectivity index (χ1v) is 10.1. The zero-order chi connectivity index (χ0) is 24.0. The number of Topliss-reactive ketones (excluding diaryl/α,β-unsaturated/α-hetero) is 1. The van der Waals surface area contributed by atoms with Crippen LogP contribution in [0.4, 0.5) is 0 Å². The van der Waals surface area contributed by atoms with Crippen molar-refractivity contribution in [2.75, 3.05) is 13.2 Å². The van der Waals surface area contributed by atoms with Crippen molar-refractivity contribution >= 4 is 29.7 Å². The van der Waals surface area contributed by atoms with Gasteiger partial charge in [-0.3, -0.25) is 24.0 Å². The fourth-order valence-electron chi connectivity index (χ4n) is 3.43. The Morgan fingerprint density at radius 3 is 1.94 bits per heavy atom. The van der Waals surface area contributed by atoms with Crippen molar-refractivity contribution in [3.05, 3.63) is 0 Å². The van der Waals surface area contributed by atoms with Gasteiger partial charge in [0.05, 0.1) is 6.10 Å². The lowest BCUT2D eigenvalue weighted by Crippen LogP contribution is -2.65. The number of hydrogen-bond donors (Lipinski definition) is 0. The zero-order valence-corrected chi connectivity index (χ0v) is 18.6.